The lowest BCUT2D eigenvalue weighted by atomic mass is 9.98. The van der Waals surface area contributed by atoms with E-state index in [2.05, 4.69) is 28.6 Å². The molecule has 25 heavy (non-hydrogen) atoms. The molecule has 0 radical (unpaired) electrons. The summed E-state index contributed by atoms with van der Waals surface area (Å²) in [6, 6.07) is 9.26. The van der Waals surface area contributed by atoms with Gasteiger partial charge in [-0.3, -0.25) is 0 Å². The van der Waals surface area contributed by atoms with Gasteiger partial charge in [-0.15, -0.1) is 0 Å². The fraction of sp³-hybridized carbons (Fsp3) is 0.550. The highest BCUT2D eigenvalue weighted by atomic mass is 16.3. The van der Waals surface area contributed by atoms with E-state index in [4.69, 9.17) is 4.42 Å². The lowest BCUT2D eigenvalue weighted by Crippen LogP contribution is -2.51. The second-order valence-electron chi connectivity index (χ2n) is 7.65. The van der Waals surface area contributed by atoms with Crippen LogP contribution >= 0.6 is 0 Å². The lowest BCUT2D eigenvalue weighted by molar-refractivity contribution is 0.149. The van der Waals surface area contributed by atoms with Gasteiger partial charge in [-0.2, -0.15) is 0 Å². The normalized spacial score (nSPS) is 27.4. The number of furan rings is 1. The highest BCUT2D eigenvalue weighted by Crippen LogP contribution is 2.34. The van der Waals surface area contributed by atoms with Crippen LogP contribution in [0.25, 0.3) is 11.0 Å². The Labute approximate surface area is 148 Å². The zero-order valence-electron chi connectivity index (χ0n) is 15.2. The van der Waals surface area contributed by atoms with Crippen molar-refractivity contribution in [3.8, 4) is 0 Å². The van der Waals surface area contributed by atoms with E-state index in [0.717, 1.165) is 35.1 Å². The van der Waals surface area contributed by atoms with E-state index in [1.54, 1.807) is 0 Å². The quantitative estimate of drug-likeness (QED) is 0.894. The minimum Gasteiger partial charge on any atom is -0.459 e. The van der Waals surface area contributed by atoms with Crippen molar-refractivity contribution >= 4 is 17.0 Å². The molecule has 2 fully saturated rings. The van der Waals surface area contributed by atoms with E-state index in [0.29, 0.717) is 12.1 Å². The van der Waals surface area contributed by atoms with Gasteiger partial charge in [-0.05, 0) is 52.6 Å². The summed E-state index contributed by atoms with van der Waals surface area (Å²) < 4.78 is 5.96. The molecule has 134 valence electrons. The number of urea groups is 1. The number of nitrogens with zero attached hydrogens (tertiary/aromatic N) is 1. The number of benzene rings is 1. The van der Waals surface area contributed by atoms with Crippen molar-refractivity contribution in [3.63, 3.8) is 0 Å². The zero-order chi connectivity index (χ0) is 17.6. The average Bonchev–Trinajstić information content (AvgIpc) is 3.00. The molecule has 2 aromatic rings. The summed E-state index contributed by atoms with van der Waals surface area (Å²) >= 11 is 0. The summed E-state index contributed by atoms with van der Waals surface area (Å²) in [7, 11) is 2.21. The number of hydrogen-bond acceptors (Lipinski definition) is 3. The fourth-order valence-electron chi connectivity index (χ4n) is 4.62. The van der Waals surface area contributed by atoms with Crippen LogP contribution in [-0.4, -0.2) is 36.1 Å². The number of fused-ring (bicyclic) bond motifs is 3. The van der Waals surface area contributed by atoms with Crippen molar-refractivity contribution in [2.45, 2.75) is 63.7 Å². The molecule has 1 aromatic heterocycles. The molecule has 5 heteroatoms. The number of amides is 2. The number of aryl methyl sites for hydroxylation is 1. The molecule has 2 saturated heterocycles. The summed E-state index contributed by atoms with van der Waals surface area (Å²) in [5, 5.41) is 7.33. The van der Waals surface area contributed by atoms with Gasteiger partial charge in [-0.25, -0.2) is 4.79 Å². The Bertz CT molecular complexity index is 770. The maximum atomic E-state index is 12.5. The number of piperidine rings is 1. The van der Waals surface area contributed by atoms with E-state index in [1.807, 2.05) is 32.0 Å². The van der Waals surface area contributed by atoms with Gasteiger partial charge < -0.3 is 20.0 Å². The summed E-state index contributed by atoms with van der Waals surface area (Å²) in [5.74, 6) is 0.833. The van der Waals surface area contributed by atoms with Gasteiger partial charge in [0, 0.05) is 29.1 Å². The smallest absolute Gasteiger partial charge is 0.315 e. The van der Waals surface area contributed by atoms with Crippen LogP contribution in [-0.2, 0) is 0 Å². The first kappa shape index (κ1) is 16.5. The van der Waals surface area contributed by atoms with Crippen molar-refractivity contribution in [2.75, 3.05) is 7.05 Å². The monoisotopic (exact) mass is 341 g/mol. The van der Waals surface area contributed by atoms with Crippen LogP contribution in [0, 0.1) is 6.92 Å². The van der Waals surface area contributed by atoms with Crippen molar-refractivity contribution < 1.29 is 9.21 Å². The Hall–Kier alpha value is -2.01. The molecule has 0 spiro atoms. The largest absolute Gasteiger partial charge is 0.459 e. The van der Waals surface area contributed by atoms with Crippen molar-refractivity contribution in [2.24, 2.45) is 0 Å². The maximum Gasteiger partial charge on any atom is 0.315 e. The summed E-state index contributed by atoms with van der Waals surface area (Å²) in [5.41, 5.74) is 1.97. The molecule has 3 heterocycles. The van der Waals surface area contributed by atoms with Gasteiger partial charge in [0.05, 0.1) is 6.04 Å². The molecule has 5 nitrogen and oxygen atoms in total. The Morgan fingerprint density at radius 2 is 1.92 bits per heavy atom. The van der Waals surface area contributed by atoms with Crippen LogP contribution in [0.4, 0.5) is 4.79 Å². The van der Waals surface area contributed by atoms with Gasteiger partial charge in [0.25, 0.3) is 0 Å². The maximum absolute atomic E-state index is 12.5. The molecule has 2 bridgehead atoms. The second-order valence-corrected chi connectivity index (χ2v) is 7.65. The highest BCUT2D eigenvalue weighted by molar-refractivity contribution is 5.82. The van der Waals surface area contributed by atoms with Crippen LogP contribution in [0.3, 0.4) is 0 Å². The first-order chi connectivity index (χ1) is 12.0. The third-order valence-electron chi connectivity index (χ3n) is 6.05. The topological polar surface area (TPSA) is 57.5 Å². The molecule has 3 unspecified atom stereocenters. The van der Waals surface area contributed by atoms with Gasteiger partial charge in [0.1, 0.15) is 11.3 Å². The SMILES string of the molecule is Cc1c(C(C)NC(=O)NC2CC3CCC(C2)N3C)oc2ccccc12. The van der Waals surface area contributed by atoms with E-state index >= 15 is 0 Å². The summed E-state index contributed by atoms with van der Waals surface area (Å²) in [6.45, 7) is 4.02. The molecule has 4 rings (SSSR count). The Morgan fingerprint density at radius 3 is 2.60 bits per heavy atom. The minimum atomic E-state index is -0.157. The van der Waals surface area contributed by atoms with E-state index in [-0.39, 0.29) is 18.1 Å². The van der Waals surface area contributed by atoms with Gasteiger partial charge in [0.15, 0.2) is 0 Å². The van der Waals surface area contributed by atoms with Crippen LogP contribution < -0.4 is 10.6 Å². The summed E-state index contributed by atoms with van der Waals surface area (Å²) in [4.78, 5) is 14.9. The lowest BCUT2D eigenvalue weighted by Gasteiger charge is -2.36. The molecule has 3 atom stereocenters. The number of nitrogens with one attached hydrogen (secondary N) is 2. The van der Waals surface area contributed by atoms with Crippen LogP contribution in [0.1, 0.15) is 50.0 Å². The number of rotatable bonds is 3. The van der Waals surface area contributed by atoms with Gasteiger partial charge in [-0.1, -0.05) is 18.2 Å². The Balaban J connectivity index is 1.39. The van der Waals surface area contributed by atoms with Crippen molar-refractivity contribution in [1.29, 1.82) is 0 Å². The van der Waals surface area contributed by atoms with E-state index in [9.17, 15) is 4.79 Å². The van der Waals surface area contributed by atoms with Crippen molar-refractivity contribution in [1.82, 2.24) is 15.5 Å². The molecule has 2 aliphatic rings. The molecule has 0 saturated carbocycles. The molecule has 2 N–H and O–H groups in total. The predicted molar refractivity (Wildman–Crippen MR) is 98.6 cm³/mol. The third kappa shape index (κ3) is 3.01. The molecule has 1 aromatic carbocycles. The molecular weight excluding hydrogens is 314 g/mol. The first-order valence-electron chi connectivity index (χ1n) is 9.30. The minimum absolute atomic E-state index is 0.0960. The average molecular weight is 341 g/mol. The Morgan fingerprint density at radius 1 is 1.24 bits per heavy atom. The van der Waals surface area contributed by atoms with Crippen molar-refractivity contribution in [3.05, 3.63) is 35.6 Å². The molecule has 2 aliphatic heterocycles. The zero-order valence-corrected chi connectivity index (χ0v) is 15.2. The molecule has 2 amide bonds. The van der Waals surface area contributed by atoms with Crippen LogP contribution in [0.15, 0.2) is 28.7 Å². The molecule has 0 aliphatic carbocycles. The first-order valence-corrected chi connectivity index (χ1v) is 9.30. The fourth-order valence-corrected chi connectivity index (χ4v) is 4.62. The van der Waals surface area contributed by atoms with Gasteiger partial charge >= 0.3 is 6.03 Å². The van der Waals surface area contributed by atoms with Gasteiger partial charge in [0.2, 0.25) is 0 Å². The number of carbonyl (C=O) groups excluding carboxylic acids is 1. The predicted octanol–water partition coefficient (Wildman–Crippen LogP) is 3.73. The number of hydrogen-bond donors (Lipinski definition) is 2. The number of carbonyl (C=O) groups is 1. The number of para-hydroxylation sites is 1. The van der Waals surface area contributed by atoms with E-state index in [1.165, 1.54) is 12.8 Å². The second kappa shape index (κ2) is 6.37. The third-order valence-corrected chi connectivity index (χ3v) is 6.05. The van der Waals surface area contributed by atoms with Crippen LogP contribution in [0.2, 0.25) is 0 Å². The summed E-state index contributed by atoms with van der Waals surface area (Å²) in [6.07, 6.45) is 4.63. The standard InChI is InChI=1S/C20H27N3O2/c1-12-17-6-4-5-7-18(17)25-19(12)13(2)21-20(24)22-14-10-15-8-9-16(11-14)23(15)3/h4-7,13-16H,8-11H2,1-3H3,(H2,21,22,24). The highest BCUT2D eigenvalue weighted by Gasteiger charge is 2.38. The van der Waals surface area contributed by atoms with Crippen LogP contribution in [0.5, 0.6) is 0 Å². The molecular formula is C20H27N3O2. The van der Waals surface area contributed by atoms with E-state index < -0.39 is 0 Å². The Kier molecular flexibility index (Phi) is 4.20.